The first-order valence-electron chi connectivity index (χ1n) is 14.1. The quantitative estimate of drug-likeness (QED) is 0.200. The van der Waals surface area contributed by atoms with E-state index in [1.165, 1.54) is 0 Å². The second-order valence-electron chi connectivity index (χ2n) is 10.7. The maximum absolute atomic E-state index is 7.50. The summed E-state index contributed by atoms with van der Waals surface area (Å²) in [5, 5.41) is 4.37. The van der Waals surface area contributed by atoms with E-state index in [2.05, 4.69) is 76.1 Å². The maximum atomic E-state index is 7.50. The Morgan fingerprint density at radius 2 is 1.40 bits per heavy atom. The lowest BCUT2D eigenvalue weighted by Crippen LogP contribution is -2.04. The minimum absolute atomic E-state index is 0.115. The van der Waals surface area contributed by atoms with E-state index in [9.17, 15) is 0 Å². The lowest BCUT2D eigenvalue weighted by molar-refractivity contribution is 0.125. The van der Waals surface area contributed by atoms with Gasteiger partial charge in [-0.25, -0.2) is 4.85 Å². The molecule has 0 amide bonds. The van der Waals surface area contributed by atoms with Crippen molar-refractivity contribution in [3.8, 4) is 39.4 Å². The molecule has 5 heteroatoms. The van der Waals surface area contributed by atoms with Crippen molar-refractivity contribution in [2.75, 3.05) is 6.79 Å². The number of fused-ring (bicyclic) bond motifs is 9. The Hall–Kier alpha value is -5.99. The number of rotatable bonds is 2. The highest BCUT2D eigenvalue weighted by Gasteiger charge is 2.21. The molecule has 0 atom stereocenters. The molecule has 0 aliphatic carbocycles. The first-order valence-corrected chi connectivity index (χ1v) is 14.1. The van der Waals surface area contributed by atoms with Gasteiger partial charge in [-0.15, -0.1) is 0 Å². The van der Waals surface area contributed by atoms with E-state index in [4.69, 9.17) is 20.5 Å². The van der Waals surface area contributed by atoms with Crippen LogP contribution in [0.2, 0.25) is 0 Å². The van der Waals surface area contributed by atoms with Crippen LogP contribution in [0.3, 0.4) is 0 Å². The third kappa shape index (κ3) is 3.51. The first-order chi connectivity index (χ1) is 21.3. The van der Waals surface area contributed by atoms with Crippen LogP contribution in [0.5, 0.6) is 11.5 Å². The zero-order valence-corrected chi connectivity index (χ0v) is 22.9. The van der Waals surface area contributed by atoms with Crippen LogP contribution in [-0.2, 0) is 0 Å². The molecular formula is C38H22N2O3. The summed E-state index contributed by atoms with van der Waals surface area (Å²) in [5.74, 6) is 1.52. The zero-order valence-electron chi connectivity index (χ0n) is 22.9. The molecule has 6 aromatic carbocycles. The van der Waals surface area contributed by atoms with Gasteiger partial charge < -0.3 is 18.5 Å². The molecule has 0 fully saturated rings. The smallest absolute Gasteiger partial charge is 0.230 e. The van der Waals surface area contributed by atoms with Crippen molar-refractivity contribution in [3.05, 3.63) is 133 Å². The Morgan fingerprint density at radius 3 is 2.33 bits per heavy atom. The van der Waals surface area contributed by atoms with E-state index in [1.54, 1.807) is 0 Å². The van der Waals surface area contributed by atoms with Crippen LogP contribution >= 0.6 is 0 Å². The van der Waals surface area contributed by atoms with E-state index in [0.717, 1.165) is 83.2 Å². The van der Waals surface area contributed by atoms with E-state index >= 15 is 0 Å². The van der Waals surface area contributed by atoms with Crippen molar-refractivity contribution in [3.63, 3.8) is 0 Å². The molecule has 0 saturated heterocycles. The van der Waals surface area contributed by atoms with Crippen LogP contribution in [0.25, 0.3) is 76.5 Å². The van der Waals surface area contributed by atoms with Gasteiger partial charge in [0.2, 0.25) is 6.79 Å². The number of ether oxygens (including phenoxy) is 2. The summed E-state index contributed by atoms with van der Waals surface area (Å²) >= 11 is 0. The Bertz CT molecular complexity index is 2460. The molecule has 0 spiro atoms. The fraction of sp³-hybridized carbons (Fsp3) is 0.0263. The topological polar surface area (TPSA) is 40.9 Å². The largest absolute Gasteiger partial charge is 0.457 e. The maximum Gasteiger partial charge on any atom is 0.230 e. The highest BCUT2D eigenvalue weighted by Crippen LogP contribution is 2.44. The van der Waals surface area contributed by atoms with Crippen LogP contribution < -0.4 is 9.47 Å². The van der Waals surface area contributed by atoms with Crippen molar-refractivity contribution >= 4 is 49.4 Å². The fourth-order valence-corrected chi connectivity index (χ4v) is 6.47. The molecule has 0 N–H and O–H groups in total. The van der Waals surface area contributed by atoms with Crippen molar-refractivity contribution < 1.29 is 13.9 Å². The first kappa shape index (κ1) is 23.7. The van der Waals surface area contributed by atoms with Gasteiger partial charge in [0.25, 0.3) is 0 Å². The summed E-state index contributed by atoms with van der Waals surface area (Å²) in [4.78, 5) is 3.66. The third-order valence-electron chi connectivity index (χ3n) is 8.42. The van der Waals surface area contributed by atoms with Gasteiger partial charge in [-0.1, -0.05) is 66.7 Å². The van der Waals surface area contributed by atoms with E-state index in [0.29, 0.717) is 5.69 Å². The van der Waals surface area contributed by atoms with Crippen molar-refractivity contribution in [1.82, 2.24) is 4.57 Å². The molecule has 0 bridgehead atoms. The molecule has 0 radical (unpaired) electrons. The van der Waals surface area contributed by atoms with Gasteiger partial charge >= 0.3 is 0 Å². The second kappa shape index (κ2) is 9.01. The van der Waals surface area contributed by atoms with E-state index in [1.807, 2.05) is 54.6 Å². The van der Waals surface area contributed by atoms with Gasteiger partial charge in [-0.3, -0.25) is 0 Å². The lowest BCUT2D eigenvalue weighted by atomic mass is 9.96. The summed E-state index contributed by atoms with van der Waals surface area (Å²) in [5.41, 5.74) is 9.48. The summed E-state index contributed by atoms with van der Waals surface area (Å²) < 4.78 is 20.8. The van der Waals surface area contributed by atoms with Crippen LogP contribution in [0.4, 0.5) is 5.69 Å². The van der Waals surface area contributed by atoms with Crippen molar-refractivity contribution in [2.45, 2.75) is 0 Å². The number of nitrogens with zero attached hydrogens (tertiary/aromatic N) is 2. The zero-order chi connectivity index (χ0) is 28.5. The molecule has 5 nitrogen and oxygen atoms in total. The molecule has 0 saturated carbocycles. The number of para-hydroxylation sites is 3. The standard InChI is InChI=1S/C38H22N2O3/c1-39-24-14-17-34-31(20-24)27-7-2-4-11-33(27)40(34)25-15-16-29-32-19-23(13-18-35(32)41-22-42-37(29)21-25)26-9-6-10-30-28-8-3-5-12-36(28)43-38(26)30/h2-21H,22H2. The highest BCUT2D eigenvalue weighted by molar-refractivity contribution is 6.11. The van der Waals surface area contributed by atoms with Crippen LogP contribution in [0.1, 0.15) is 0 Å². The van der Waals surface area contributed by atoms with Crippen molar-refractivity contribution in [1.29, 1.82) is 0 Å². The lowest BCUT2D eigenvalue weighted by Gasteiger charge is -2.13. The molecule has 1 aliphatic heterocycles. The predicted octanol–water partition coefficient (Wildman–Crippen LogP) is 10.3. The van der Waals surface area contributed by atoms with Gasteiger partial charge in [0.05, 0.1) is 17.6 Å². The molecule has 1 aliphatic rings. The Balaban J connectivity index is 1.21. The molecule has 0 unspecified atom stereocenters. The predicted molar refractivity (Wildman–Crippen MR) is 171 cm³/mol. The summed E-state index contributed by atoms with van der Waals surface area (Å²) in [6, 6.07) is 41.2. The van der Waals surface area contributed by atoms with E-state index in [-0.39, 0.29) is 6.79 Å². The average molecular weight is 555 g/mol. The Morgan fingerprint density at radius 1 is 0.581 bits per heavy atom. The van der Waals surface area contributed by atoms with Gasteiger partial charge in [0.1, 0.15) is 22.7 Å². The summed E-state index contributed by atoms with van der Waals surface area (Å²) in [7, 11) is 0. The van der Waals surface area contributed by atoms with Crippen molar-refractivity contribution in [2.24, 2.45) is 0 Å². The fourth-order valence-electron chi connectivity index (χ4n) is 6.47. The molecular weight excluding hydrogens is 532 g/mol. The SMILES string of the molecule is [C-]#[N+]c1ccc2c(c1)c1ccccc1n2-c1ccc2c(c1)OCOc1ccc(-c3cccc4c3oc3ccccc34)cc1-2. The number of hydrogen-bond acceptors (Lipinski definition) is 3. The molecule has 9 rings (SSSR count). The molecule has 3 heterocycles. The number of hydrogen-bond donors (Lipinski definition) is 0. The number of aromatic nitrogens is 1. The van der Waals surface area contributed by atoms with Crippen LogP contribution in [-0.4, -0.2) is 11.4 Å². The molecule has 43 heavy (non-hydrogen) atoms. The second-order valence-corrected chi connectivity index (χ2v) is 10.7. The monoisotopic (exact) mass is 554 g/mol. The average Bonchev–Trinajstić information content (AvgIpc) is 3.54. The molecule has 8 aromatic rings. The minimum Gasteiger partial charge on any atom is -0.457 e. The Labute approximate surface area is 246 Å². The highest BCUT2D eigenvalue weighted by atomic mass is 16.7. The normalized spacial score (nSPS) is 12.4. The van der Waals surface area contributed by atoms with E-state index < -0.39 is 0 Å². The molecule has 202 valence electrons. The Kier molecular flexibility index (Phi) is 4.96. The third-order valence-corrected chi connectivity index (χ3v) is 8.42. The van der Waals surface area contributed by atoms with Gasteiger partial charge in [-0.2, -0.15) is 0 Å². The van der Waals surface area contributed by atoms with Gasteiger partial charge in [0.15, 0.2) is 5.69 Å². The minimum atomic E-state index is 0.115. The van der Waals surface area contributed by atoms with Crippen LogP contribution in [0, 0.1) is 6.57 Å². The number of furan rings is 1. The summed E-state index contributed by atoms with van der Waals surface area (Å²) in [6.07, 6.45) is 0. The molecule has 2 aromatic heterocycles. The van der Waals surface area contributed by atoms with Gasteiger partial charge in [0, 0.05) is 44.6 Å². The van der Waals surface area contributed by atoms with Gasteiger partial charge in [-0.05, 0) is 59.5 Å². The summed E-state index contributed by atoms with van der Waals surface area (Å²) in [6.45, 7) is 7.62. The number of benzene rings is 6. The van der Waals surface area contributed by atoms with Crippen LogP contribution in [0.15, 0.2) is 126 Å².